The summed E-state index contributed by atoms with van der Waals surface area (Å²) in [5.41, 5.74) is 0. The maximum atomic E-state index is 12.5. The molecule has 92 valence electrons. The zero-order chi connectivity index (χ0) is 11.4. The Morgan fingerprint density at radius 3 is 2.56 bits per heavy atom. The molecule has 2 aliphatic rings. The van der Waals surface area contributed by atoms with E-state index in [1.54, 1.807) is 0 Å². The van der Waals surface area contributed by atoms with Crippen molar-refractivity contribution in [2.45, 2.75) is 63.5 Å². The van der Waals surface area contributed by atoms with E-state index in [1.165, 1.54) is 50.7 Å². The highest BCUT2D eigenvalue weighted by atomic mass is 32.2. The Hall–Kier alpha value is 0.0200. The number of hydrogen-bond donors (Lipinski definition) is 0. The van der Waals surface area contributed by atoms with Crippen LogP contribution in [0.3, 0.4) is 0 Å². The first kappa shape index (κ1) is 12.5. The van der Waals surface area contributed by atoms with E-state index in [9.17, 15) is 4.79 Å². The molecule has 0 bridgehead atoms. The molecule has 3 unspecified atom stereocenters. The Labute approximate surface area is 104 Å². The molecule has 1 aliphatic carbocycles. The van der Waals surface area contributed by atoms with Crippen molar-refractivity contribution >= 4 is 17.5 Å². The standard InChI is InChI=1S/C14H24OS/c1-2-11-7-3-4-8-12(11)14(15)13-9-5-6-10-16-13/h11-13H,2-10H2,1H3. The molecule has 0 aromatic rings. The lowest BCUT2D eigenvalue weighted by Gasteiger charge is -2.33. The minimum atomic E-state index is 0.353. The van der Waals surface area contributed by atoms with Crippen molar-refractivity contribution in [3.8, 4) is 0 Å². The summed E-state index contributed by atoms with van der Waals surface area (Å²) >= 11 is 1.93. The molecule has 0 amide bonds. The molecule has 0 radical (unpaired) electrons. The summed E-state index contributed by atoms with van der Waals surface area (Å²) in [4.78, 5) is 12.5. The van der Waals surface area contributed by atoms with Gasteiger partial charge >= 0.3 is 0 Å². The molecule has 1 nitrogen and oxygen atoms in total. The normalized spacial score (nSPS) is 35.9. The Morgan fingerprint density at radius 1 is 1.12 bits per heavy atom. The van der Waals surface area contributed by atoms with Gasteiger partial charge in [0.05, 0.1) is 5.25 Å². The predicted molar refractivity (Wildman–Crippen MR) is 70.8 cm³/mol. The molecule has 0 spiro atoms. The van der Waals surface area contributed by atoms with E-state index >= 15 is 0 Å². The van der Waals surface area contributed by atoms with Crippen molar-refractivity contribution in [2.24, 2.45) is 11.8 Å². The summed E-state index contributed by atoms with van der Waals surface area (Å²) in [6, 6.07) is 0. The van der Waals surface area contributed by atoms with E-state index < -0.39 is 0 Å². The van der Waals surface area contributed by atoms with Crippen molar-refractivity contribution in [1.82, 2.24) is 0 Å². The van der Waals surface area contributed by atoms with Gasteiger partial charge in [-0.25, -0.2) is 0 Å². The minimum Gasteiger partial charge on any atom is -0.298 e. The van der Waals surface area contributed by atoms with Gasteiger partial charge in [0.25, 0.3) is 0 Å². The second kappa shape index (κ2) is 6.09. The van der Waals surface area contributed by atoms with Gasteiger partial charge in [0.2, 0.25) is 0 Å². The maximum absolute atomic E-state index is 12.5. The lowest BCUT2D eigenvalue weighted by Crippen LogP contribution is -2.34. The van der Waals surface area contributed by atoms with Gasteiger partial charge in [-0.1, -0.05) is 32.6 Å². The van der Waals surface area contributed by atoms with Crippen LogP contribution in [0.5, 0.6) is 0 Å². The van der Waals surface area contributed by atoms with Crippen LogP contribution in [0.25, 0.3) is 0 Å². The fourth-order valence-corrected chi connectivity index (χ4v) is 4.60. The first-order chi connectivity index (χ1) is 7.83. The van der Waals surface area contributed by atoms with Gasteiger partial charge in [0, 0.05) is 5.92 Å². The highest BCUT2D eigenvalue weighted by Gasteiger charge is 2.34. The third-order valence-electron chi connectivity index (χ3n) is 4.30. The van der Waals surface area contributed by atoms with Crippen molar-refractivity contribution < 1.29 is 4.79 Å². The largest absolute Gasteiger partial charge is 0.298 e. The van der Waals surface area contributed by atoms with E-state index in [4.69, 9.17) is 0 Å². The highest BCUT2D eigenvalue weighted by Crippen LogP contribution is 2.37. The van der Waals surface area contributed by atoms with Gasteiger partial charge in [-0.15, -0.1) is 0 Å². The van der Waals surface area contributed by atoms with Crippen LogP contribution in [0.15, 0.2) is 0 Å². The number of carbonyl (C=O) groups is 1. The zero-order valence-corrected chi connectivity index (χ0v) is 11.2. The molecule has 1 aliphatic heterocycles. The molecule has 1 saturated heterocycles. The van der Waals surface area contributed by atoms with Crippen LogP contribution in [0, 0.1) is 11.8 Å². The van der Waals surface area contributed by atoms with Crippen LogP contribution >= 0.6 is 11.8 Å². The van der Waals surface area contributed by atoms with E-state index in [0.29, 0.717) is 22.9 Å². The summed E-state index contributed by atoms with van der Waals surface area (Å²) in [7, 11) is 0. The number of Topliss-reactive ketones (excluding diaryl/α,β-unsaturated/α-hetero) is 1. The Balaban J connectivity index is 1.95. The second-order valence-electron chi connectivity index (χ2n) is 5.32. The van der Waals surface area contributed by atoms with Crippen molar-refractivity contribution in [1.29, 1.82) is 0 Å². The van der Waals surface area contributed by atoms with Gasteiger partial charge in [0.15, 0.2) is 0 Å². The van der Waals surface area contributed by atoms with E-state index in [0.717, 1.165) is 6.42 Å². The second-order valence-corrected chi connectivity index (χ2v) is 6.63. The molecule has 2 heteroatoms. The third-order valence-corrected chi connectivity index (χ3v) is 5.69. The smallest absolute Gasteiger partial charge is 0.149 e. The number of carbonyl (C=O) groups excluding carboxylic acids is 1. The summed E-state index contributed by atoms with van der Waals surface area (Å²) in [5.74, 6) is 2.93. The number of rotatable bonds is 3. The molecule has 3 atom stereocenters. The average Bonchev–Trinajstić information content (AvgIpc) is 2.39. The maximum Gasteiger partial charge on any atom is 0.149 e. The van der Waals surface area contributed by atoms with Gasteiger partial charge < -0.3 is 0 Å². The van der Waals surface area contributed by atoms with Gasteiger partial charge in [-0.05, 0) is 37.4 Å². The highest BCUT2D eigenvalue weighted by molar-refractivity contribution is 8.00. The molecular formula is C14H24OS. The topological polar surface area (TPSA) is 17.1 Å². The van der Waals surface area contributed by atoms with Gasteiger partial charge in [-0.3, -0.25) is 4.79 Å². The molecule has 16 heavy (non-hydrogen) atoms. The molecule has 2 rings (SSSR count). The zero-order valence-electron chi connectivity index (χ0n) is 10.4. The predicted octanol–water partition coefficient (Wildman–Crippen LogP) is 4.06. The molecule has 1 saturated carbocycles. The molecule has 1 heterocycles. The van der Waals surface area contributed by atoms with Gasteiger partial charge in [-0.2, -0.15) is 11.8 Å². The number of hydrogen-bond acceptors (Lipinski definition) is 2. The SMILES string of the molecule is CCC1CCCCC1C(=O)C1CCCCS1. The lowest BCUT2D eigenvalue weighted by atomic mass is 9.74. The summed E-state index contributed by atoms with van der Waals surface area (Å²) in [6.07, 6.45) is 10.0. The summed E-state index contributed by atoms with van der Waals surface area (Å²) in [5, 5.41) is 0.353. The van der Waals surface area contributed by atoms with Crippen LogP contribution in [0.2, 0.25) is 0 Å². The van der Waals surface area contributed by atoms with Crippen molar-refractivity contribution in [2.75, 3.05) is 5.75 Å². The molecule has 0 N–H and O–H groups in total. The van der Waals surface area contributed by atoms with Crippen LogP contribution < -0.4 is 0 Å². The summed E-state index contributed by atoms with van der Waals surface area (Å²) in [6.45, 7) is 2.25. The minimum absolute atomic E-state index is 0.353. The summed E-state index contributed by atoms with van der Waals surface area (Å²) < 4.78 is 0. The Kier molecular flexibility index (Phi) is 4.75. The molecule has 0 aromatic carbocycles. The monoisotopic (exact) mass is 240 g/mol. The van der Waals surface area contributed by atoms with E-state index in [-0.39, 0.29) is 0 Å². The third kappa shape index (κ3) is 2.82. The molecule has 2 fully saturated rings. The fourth-order valence-electron chi connectivity index (χ4n) is 3.27. The van der Waals surface area contributed by atoms with Crippen molar-refractivity contribution in [3.63, 3.8) is 0 Å². The van der Waals surface area contributed by atoms with E-state index in [1.807, 2.05) is 11.8 Å². The lowest BCUT2D eigenvalue weighted by molar-refractivity contribution is -0.125. The van der Waals surface area contributed by atoms with Crippen LogP contribution in [0.1, 0.15) is 58.3 Å². The quantitative estimate of drug-likeness (QED) is 0.740. The fraction of sp³-hybridized carbons (Fsp3) is 0.929. The Bertz CT molecular complexity index is 233. The molecule has 0 aromatic heterocycles. The van der Waals surface area contributed by atoms with Gasteiger partial charge in [0.1, 0.15) is 5.78 Å². The first-order valence-electron chi connectivity index (χ1n) is 6.98. The van der Waals surface area contributed by atoms with Crippen LogP contribution in [-0.2, 0) is 4.79 Å². The number of ketones is 1. The van der Waals surface area contributed by atoms with Crippen molar-refractivity contribution in [3.05, 3.63) is 0 Å². The Morgan fingerprint density at radius 2 is 1.88 bits per heavy atom. The van der Waals surface area contributed by atoms with Crippen LogP contribution in [0.4, 0.5) is 0 Å². The van der Waals surface area contributed by atoms with Crippen LogP contribution in [-0.4, -0.2) is 16.8 Å². The first-order valence-corrected chi connectivity index (χ1v) is 8.03. The number of thioether (sulfide) groups is 1. The van der Waals surface area contributed by atoms with E-state index in [2.05, 4.69) is 6.92 Å². The molecular weight excluding hydrogens is 216 g/mol. The average molecular weight is 240 g/mol.